The highest BCUT2D eigenvalue weighted by Crippen LogP contribution is 2.23. The molecule has 0 aromatic rings. The molecule has 7 heteroatoms. The highest BCUT2D eigenvalue weighted by molar-refractivity contribution is 7.91. The highest BCUT2D eigenvalue weighted by atomic mass is 32.2. The lowest BCUT2D eigenvalue weighted by Crippen LogP contribution is -2.50. The summed E-state index contributed by atoms with van der Waals surface area (Å²) < 4.78 is 28.3. The van der Waals surface area contributed by atoms with Gasteiger partial charge in [-0.05, 0) is 34.6 Å². The third-order valence-corrected chi connectivity index (χ3v) is 4.57. The Balaban J connectivity index is 5.20. The molecule has 0 heterocycles. The Morgan fingerprint density at radius 2 is 1.71 bits per heavy atom. The normalized spacial score (nSPS) is 12.8. The molecule has 0 aliphatic heterocycles. The Morgan fingerprint density at radius 1 is 1.18 bits per heavy atom. The van der Waals surface area contributed by atoms with Crippen LogP contribution in [0, 0.1) is 0 Å². The second-order valence-electron chi connectivity index (χ2n) is 3.77. The van der Waals surface area contributed by atoms with Crippen LogP contribution in [0.1, 0.15) is 34.6 Å². The number of nitrogens with zero attached hydrogens (tertiary/aromatic N) is 1. The standard InChI is InChI=1S/C10H21NO5S/c1-6-11(16-8-3)17(13,14)10(4,5)9(12)15-7-2/h6-8H2,1-5H3. The first-order chi connectivity index (χ1) is 7.75. The zero-order valence-corrected chi connectivity index (χ0v) is 11.8. The van der Waals surface area contributed by atoms with Gasteiger partial charge in [-0.1, -0.05) is 4.47 Å². The Labute approximate surface area is 103 Å². The van der Waals surface area contributed by atoms with Crippen molar-refractivity contribution in [1.82, 2.24) is 4.47 Å². The predicted molar refractivity (Wildman–Crippen MR) is 63.6 cm³/mol. The lowest BCUT2D eigenvalue weighted by atomic mass is 10.2. The van der Waals surface area contributed by atoms with Gasteiger partial charge in [0.25, 0.3) is 10.0 Å². The van der Waals surface area contributed by atoms with Gasteiger partial charge in [-0.3, -0.25) is 9.63 Å². The molecule has 0 aliphatic carbocycles. The lowest BCUT2D eigenvalue weighted by molar-refractivity contribution is -0.146. The fraction of sp³-hybridized carbons (Fsp3) is 0.900. The van der Waals surface area contributed by atoms with E-state index in [4.69, 9.17) is 9.57 Å². The summed E-state index contributed by atoms with van der Waals surface area (Å²) in [5.74, 6) is -0.779. The number of hydroxylamine groups is 1. The molecule has 17 heavy (non-hydrogen) atoms. The number of carbonyl (C=O) groups is 1. The molecule has 6 nitrogen and oxygen atoms in total. The molecule has 0 aromatic heterocycles. The van der Waals surface area contributed by atoms with Crippen LogP contribution in [-0.4, -0.2) is 43.4 Å². The van der Waals surface area contributed by atoms with Crippen LogP contribution in [0.5, 0.6) is 0 Å². The van der Waals surface area contributed by atoms with Gasteiger partial charge < -0.3 is 4.74 Å². The van der Waals surface area contributed by atoms with Crippen molar-refractivity contribution in [2.24, 2.45) is 0 Å². The minimum atomic E-state index is -3.90. The summed E-state index contributed by atoms with van der Waals surface area (Å²) >= 11 is 0. The predicted octanol–water partition coefficient (Wildman–Crippen LogP) is 0.931. The SMILES string of the molecule is CCOC(=O)C(C)(C)S(=O)(=O)N(CC)OCC. The third-order valence-electron chi connectivity index (χ3n) is 2.21. The van der Waals surface area contributed by atoms with E-state index in [2.05, 4.69) is 0 Å². The van der Waals surface area contributed by atoms with Crippen molar-refractivity contribution >= 4 is 16.0 Å². The number of carbonyl (C=O) groups excluding carboxylic acids is 1. The van der Waals surface area contributed by atoms with Crippen LogP contribution in [0.2, 0.25) is 0 Å². The van der Waals surface area contributed by atoms with Crippen molar-refractivity contribution in [3.63, 3.8) is 0 Å². The quantitative estimate of drug-likeness (QED) is 0.507. The van der Waals surface area contributed by atoms with Crippen molar-refractivity contribution in [3.8, 4) is 0 Å². The van der Waals surface area contributed by atoms with Crippen LogP contribution in [0.4, 0.5) is 0 Å². The summed E-state index contributed by atoms with van der Waals surface area (Å²) in [4.78, 5) is 16.7. The first kappa shape index (κ1) is 16.3. The number of hydrogen-bond donors (Lipinski definition) is 0. The van der Waals surface area contributed by atoms with Gasteiger partial charge in [0.15, 0.2) is 4.75 Å². The second-order valence-corrected chi connectivity index (χ2v) is 6.15. The molecule has 0 aromatic carbocycles. The van der Waals surface area contributed by atoms with Crippen molar-refractivity contribution in [2.45, 2.75) is 39.4 Å². The van der Waals surface area contributed by atoms with E-state index in [1.165, 1.54) is 13.8 Å². The number of rotatable bonds is 7. The van der Waals surface area contributed by atoms with E-state index in [-0.39, 0.29) is 19.8 Å². The zero-order valence-electron chi connectivity index (χ0n) is 11.0. The van der Waals surface area contributed by atoms with Crippen LogP contribution >= 0.6 is 0 Å². The van der Waals surface area contributed by atoms with Crippen LogP contribution in [0.25, 0.3) is 0 Å². The topological polar surface area (TPSA) is 72.9 Å². The monoisotopic (exact) mass is 267 g/mol. The smallest absolute Gasteiger partial charge is 0.328 e. The molecular formula is C10H21NO5S. The maximum absolute atomic E-state index is 12.2. The molecule has 0 radical (unpaired) electrons. The second kappa shape index (κ2) is 6.32. The average molecular weight is 267 g/mol. The van der Waals surface area contributed by atoms with Gasteiger partial charge in [0.05, 0.1) is 13.2 Å². The van der Waals surface area contributed by atoms with Crippen molar-refractivity contribution in [1.29, 1.82) is 0 Å². The molecule has 0 bridgehead atoms. The van der Waals surface area contributed by atoms with Gasteiger partial charge in [-0.2, -0.15) is 0 Å². The van der Waals surface area contributed by atoms with Gasteiger partial charge in [0, 0.05) is 6.54 Å². The average Bonchev–Trinajstić information content (AvgIpc) is 2.25. The fourth-order valence-electron chi connectivity index (χ4n) is 1.14. The molecule has 0 aliphatic rings. The summed E-state index contributed by atoms with van der Waals surface area (Å²) in [6.45, 7) is 8.04. The number of hydrogen-bond acceptors (Lipinski definition) is 5. The molecule has 0 fully saturated rings. The maximum Gasteiger partial charge on any atom is 0.328 e. The van der Waals surface area contributed by atoms with Crippen LogP contribution in [0.15, 0.2) is 0 Å². The molecule has 0 unspecified atom stereocenters. The number of sulfonamides is 1. The molecule has 102 valence electrons. The maximum atomic E-state index is 12.2. The highest BCUT2D eigenvalue weighted by Gasteiger charge is 2.47. The molecule has 0 rings (SSSR count). The van der Waals surface area contributed by atoms with Crippen molar-refractivity contribution in [2.75, 3.05) is 19.8 Å². The van der Waals surface area contributed by atoms with E-state index >= 15 is 0 Å². The zero-order chi connectivity index (χ0) is 13.7. The minimum Gasteiger partial charge on any atom is -0.465 e. The summed E-state index contributed by atoms with van der Waals surface area (Å²) in [5, 5.41) is 0. The summed E-state index contributed by atoms with van der Waals surface area (Å²) in [6.07, 6.45) is 0. The van der Waals surface area contributed by atoms with E-state index in [0.29, 0.717) is 0 Å². The van der Waals surface area contributed by atoms with Crippen molar-refractivity contribution in [3.05, 3.63) is 0 Å². The number of esters is 1. The third kappa shape index (κ3) is 3.40. The van der Waals surface area contributed by atoms with Crippen LogP contribution in [0.3, 0.4) is 0 Å². The van der Waals surface area contributed by atoms with E-state index in [0.717, 1.165) is 4.47 Å². The van der Waals surface area contributed by atoms with Gasteiger partial charge >= 0.3 is 5.97 Å². The minimum absolute atomic E-state index is 0.137. The van der Waals surface area contributed by atoms with Gasteiger partial charge in [-0.15, -0.1) is 0 Å². The molecule has 0 saturated carbocycles. The fourth-order valence-corrected chi connectivity index (χ4v) is 2.50. The summed E-state index contributed by atoms with van der Waals surface area (Å²) in [5.41, 5.74) is 0. The molecular weight excluding hydrogens is 246 g/mol. The first-order valence-corrected chi connectivity index (χ1v) is 7.02. The molecule has 0 spiro atoms. The summed E-state index contributed by atoms with van der Waals surface area (Å²) in [7, 11) is -3.90. The molecule has 0 atom stereocenters. The van der Waals surface area contributed by atoms with Gasteiger partial charge in [-0.25, -0.2) is 8.42 Å². The van der Waals surface area contributed by atoms with E-state index in [9.17, 15) is 13.2 Å². The van der Waals surface area contributed by atoms with Crippen molar-refractivity contribution < 1.29 is 22.8 Å². The van der Waals surface area contributed by atoms with Crippen LogP contribution in [-0.2, 0) is 24.4 Å². The first-order valence-electron chi connectivity index (χ1n) is 5.58. The van der Waals surface area contributed by atoms with Gasteiger partial charge in [0.1, 0.15) is 0 Å². The lowest BCUT2D eigenvalue weighted by Gasteiger charge is -2.28. The van der Waals surface area contributed by atoms with E-state index in [1.807, 2.05) is 0 Å². The molecule has 0 N–H and O–H groups in total. The van der Waals surface area contributed by atoms with Crippen LogP contribution < -0.4 is 0 Å². The van der Waals surface area contributed by atoms with Gasteiger partial charge in [0.2, 0.25) is 0 Å². The summed E-state index contributed by atoms with van der Waals surface area (Å²) in [6, 6.07) is 0. The number of ether oxygens (including phenoxy) is 1. The largest absolute Gasteiger partial charge is 0.465 e. The molecule has 0 amide bonds. The van der Waals surface area contributed by atoms with E-state index < -0.39 is 20.7 Å². The Kier molecular flexibility index (Phi) is 6.08. The Bertz CT molecular complexity index is 350. The van der Waals surface area contributed by atoms with E-state index in [1.54, 1.807) is 20.8 Å². The Morgan fingerprint density at radius 3 is 2.06 bits per heavy atom. The molecule has 0 saturated heterocycles. The Hall–Kier alpha value is -0.660.